The molecule has 4 atom stereocenters. The molecule has 1 aromatic carbocycles. The van der Waals surface area contributed by atoms with Gasteiger partial charge in [0.15, 0.2) is 0 Å². The molecule has 1 saturated heterocycles. The van der Waals surface area contributed by atoms with E-state index >= 15 is 0 Å². The summed E-state index contributed by atoms with van der Waals surface area (Å²) in [6, 6.07) is 12.2. The first-order chi connectivity index (χ1) is 10.0. The Hall–Kier alpha value is -1.86. The Morgan fingerprint density at radius 3 is 2.76 bits per heavy atom. The van der Waals surface area contributed by atoms with Gasteiger partial charge in [0, 0.05) is 11.3 Å². The molecule has 2 aliphatic rings. The van der Waals surface area contributed by atoms with Crippen LogP contribution in [-0.2, 0) is 20.9 Å². The molecule has 0 radical (unpaired) electrons. The van der Waals surface area contributed by atoms with Gasteiger partial charge in [-0.25, -0.2) is 0 Å². The third kappa shape index (κ3) is 2.32. The van der Waals surface area contributed by atoms with E-state index in [4.69, 9.17) is 9.47 Å². The van der Waals surface area contributed by atoms with Crippen molar-refractivity contribution in [2.24, 2.45) is 17.3 Å². The van der Waals surface area contributed by atoms with Crippen LogP contribution in [0.4, 0.5) is 0 Å². The smallest absolute Gasteiger partial charge is 0.307 e. The summed E-state index contributed by atoms with van der Waals surface area (Å²) in [5, 5.41) is 9.29. The second-order valence-electron chi connectivity index (χ2n) is 6.47. The van der Waals surface area contributed by atoms with E-state index in [9.17, 15) is 10.1 Å². The van der Waals surface area contributed by atoms with Gasteiger partial charge < -0.3 is 9.47 Å². The number of carbonyl (C=O) groups excluding carboxylic acids is 1. The van der Waals surface area contributed by atoms with Gasteiger partial charge >= 0.3 is 5.97 Å². The summed E-state index contributed by atoms with van der Waals surface area (Å²) in [7, 11) is 0. The Bertz CT molecular complexity index is 575. The molecular formula is C17H19NO3. The van der Waals surface area contributed by atoms with Crippen LogP contribution in [0.1, 0.15) is 25.8 Å². The molecule has 1 aromatic rings. The first-order valence-electron chi connectivity index (χ1n) is 7.28. The van der Waals surface area contributed by atoms with E-state index in [0.717, 1.165) is 5.56 Å². The zero-order valence-corrected chi connectivity index (χ0v) is 12.3. The number of ether oxygens (including phenoxy) is 2. The van der Waals surface area contributed by atoms with Crippen molar-refractivity contribution < 1.29 is 14.3 Å². The lowest BCUT2D eigenvalue weighted by Crippen LogP contribution is -2.68. The number of esters is 1. The van der Waals surface area contributed by atoms with Crippen molar-refractivity contribution in [2.75, 3.05) is 0 Å². The summed E-state index contributed by atoms with van der Waals surface area (Å²) in [5.74, 6) is -0.575. The number of nitriles is 1. The standard InChI is InChI=1S/C17H19NO3/c1-17(2)15(20-10-11-6-4-3-5-7-11)14-12(9-18)8-13(19)21-16(14)17/h3-7,12,14-16H,8,10H2,1-2H3. The second kappa shape index (κ2) is 5.16. The molecule has 0 aromatic heterocycles. The maximum absolute atomic E-state index is 11.6. The molecule has 110 valence electrons. The summed E-state index contributed by atoms with van der Waals surface area (Å²) < 4.78 is 11.5. The summed E-state index contributed by atoms with van der Waals surface area (Å²) in [5.41, 5.74) is 0.864. The number of benzene rings is 1. The summed E-state index contributed by atoms with van der Waals surface area (Å²) >= 11 is 0. The van der Waals surface area contributed by atoms with Gasteiger partial charge in [-0.2, -0.15) is 5.26 Å². The quantitative estimate of drug-likeness (QED) is 0.801. The monoisotopic (exact) mass is 285 g/mol. The highest BCUT2D eigenvalue weighted by atomic mass is 16.6. The molecule has 0 bridgehead atoms. The molecular weight excluding hydrogens is 266 g/mol. The molecule has 4 nitrogen and oxygen atoms in total. The van der Waals surface area contributed by atoms with Crippen molar-refractivity contribution >= 4 is 5.97 Å². The minimum atomic E-state index is -0.301. The van der Waals surface area contributed by atoms with Crippen LogP contribution in [0.2, 0.25) is 0 Å². The molecule has 4 heteroatoms. The highest BCUT2D eigenvalue weighted by Gasteiger charge is 2.64. The van der Waals surface area contributed by atoms with Crippen LogP contribution < -0.4 is 0 Å². The zero-order valence-electron chi connectivity index (χ0n) is 12.3. The molecule has 21 heavy (non-hydrogen) atoms. The van der Waals surface area contributed by atoms with E-state index < -0.39 is 0 Å². The summed E-state index contributed by atoms with van der Waals surface area (Å²) in [4.78, 5) is 11.6. The minimum absolute atomic E-state index is 0.00795. The first kappa shape index (κ1) is 14.1. The van der Waals surface area contributed by atoms with Crippen LogP contribution in [-0.4, -0.2) is 18.2 Å². The average molecular weight is 285 g/mol. The Labute approximate surface area is 124 Å². The third-order valence-electron chi connectivity index (χ3n) is 4.71. The molecule has 0 N–H and O–H groups in total. The largest absolute Gasteiger partial charge is 0.461 e. The molecule has 0 amide bonds. The van der Waals surface area contributed by atoms with Crippen LogP contribution in [0, 0.1) is 28.6 Å². The van der Waals surface area contributed by atoms with Gasteiger partial charge in [0.25, 0.3) is 0 Å². The Balaban J connectivity index is 1.73. The van der Waals surface area contributed by atoms with Crippen LogP contribution in [0.5, 0.6) is 0 Å². The topological polar surface area (TPSA) is 59.3 Å². The van der Waals surface area contributed by atoms with Crippen LogP contribution in [0.25, 0.3) is 0 Å². The van der Waals surface area contributed by atoms with Crippen molar-refractivity contribution in [1.82, 2.24) is 0 Å². The van der Waals surface area contributed by atoms with E-state index in [1.165, 1.54) is 0 Å². The van der Waals surface area contributed by atoms with Crippen LogP contribution in [0.3, 0.4) is 0 Å². The average Bonchev–Trinajstić information content (AvgIpc) is 2.48. The zero-order chi connectivity index (χ0) is 15.0. The number of rotatable bonds is 3. The van der Waals surface area contributed by atoms with Crippen molar-refractivity contribution in [1.29, 1.82) is 5.26 Å². The maximum atomic E-state index is 11.6. The predicted molar refractivity (Wildman–Crippen MR) is 75.9 cm³/mol. The minimum Gasteiger partial charge on any atom is -0.461 e. The lowest BCUT2D eigenvalue weighted by molar-refractivity contribution is -0.264. The van der Waals surface area contributed by atoms with Gasteiger partial charge in [0.2, 0.25) is 0 Å². The summed E-state index contributed by atoms with van der Waals surface area (Å²) in [6.07, 6.45) is -0.0801. The summed E-state index contributed by atoms with van der Waals surface area (Å²) in [6.45, 7) is 4.60. The van der Waals surface area contributed by atoms with E-state index in [0.29, 0.717) is 6.61 Å². The maximum Gasteiger partial charge on any atom is 0.307 e. The lowest BCUT2D eigenvalue weighted by Gasteiger charge is -2.59. The Kier molecular flexibility index (Phi) is 3.46. The van der Waals surface area contributed by atoms with Gasteiger partial charge in [-0.05, 0) is 5.56 Å². The molecule has 1 aliphatic carbocycles. The number of hydrogen-bond acceptors (Lipinski definition) is 4. The molecule has 4 unspecified atom stereocenters. The fraction of sp³-hybridized carbons (Fsp3) is 0.529. The molecule has 0 spiro atoms. The van der Waals surface area contributed by atoms with E-state index in [-0.39, 0.29) is 41.8 Å². The van der Waals surface area contributed by atoms with Crippen molar-refractivity contribution in [3.05, 3.63) is 35.9 Å². The normalized spacial score (nSPS) is 33.3. The van der Waals surface area contributed by atoms with Crippen molar-refractivity contribution in [3.8, 4) is 6.07 Å². The first-order valence-corrected chi connectivity index (χ1v) is 7.28. The highest BCUT2D eigenvalue weighted by molar-refractivity contribution is 5.72. The number of fused-ring (bicyclic) bond motifs is 1. The van der Waals surface area contributed by atoms with Gasteiger partial charge in [-0.3, -0.25) is 4.79 Å². The van der Waals surface area contributed by atoms with E-state index in [2.05, 4.69) is 6.07 Å². The molecule has 3 rings (SSSR count). The molecule has 1 saturated carbocycles. The van der Waals surface area contributed by atoms with Crippen LogP contribution in [0.15, 0.2) is 30.3 Å². The van der Waals surface area contributed by atoms with Gasteiger partial charge in [-0.1, -0.05) is 44.2 Å². The Morgan fingerprint density at radius 2 is 2.10 bits per heavy atom. The number of hydrogen-bond donors (Lipinski definition) is 0. The fourth-order valence-corrected chi connectivity index (χ4v) is 3.57. The lowest BCUT2D eigenvalue weighted by atomic mass is 9.54. The van der Waals surface area contributed by atoms with Crippen molar-refractivity contribution in [2.45, 2.75) is 39.1 Å². The third-order valence-corrected chi connectivity index (χ3v) is 4.71. The second-order valence-corrected chi connectivity index (χ2v) is 6.47. The SMILES string of the molecule is CC1(C)C(OCc2ccccc2)C2C(C#N)CC(=O)OC21. The van der Waals surface area contributed by atoms with Crippen molar-refractivity contribution in [3.63, 3.8) is 0 Å². The fourth-order valence-electron chi connectivity index (χ4n) is 3.57. The predicted octanol–water partition coefficient (Wildman–Crippen LogP) is 2.68. The molecule has 1 aliphatic heterocycles. The highest BCUT2D eigenvalue weighted by Crippen LogP contribution is 2.55. The number of carbonyl (C=O) groups is 1. The van der Waals surface area contributed by atoms with E-state index in [1.54, 1.807) is 0 Å². The van der Waals surface area contributed by atoms with Gasteiger partial charge in [0.1, 0.15) is 6.10 Å². The molecule has 2 fully saturated rings. The van der Waals surface area contributed by atoms with E-state index in [1.807, 2.05) is 44.2 Å². The van der Waals surface area contributed by atoms with Crippen LogP contribution >= 0.6 is 0 Å². The van der Waals surface area contributed by atoms with Gasteiger partial charge in [-0.15, -0.1) is 0 Å². The Morgan fingerprint density at radius 1 is 1.38 bits per heavy atom. The number of nitrogens with zero attached hydrogens (tertiary/aromatic N) is 1. The molecule has 1 heterocycles. The van der Waals surface area contributed by atoms with Gasteiger partial charge in [0.05, 0.1) is 31.1 Å².